The molecule has 1 aromatic rings. The minimum absolute atomic E-state index is 0.220. The molecule has 1 saturated heterocycles. The normalized spacial score (nSPS) is 20.5. The van der Waals surface area contributed by atoms with Gasteiger partial charge in [-0.3, -0.25) is 0 Å². The number of carbonyl (C=O) groups excluding carboxylic acids is 3. The summed E-state index contributed by atoms with van der Waals surface area (Å²) in [6, 6.07) is 5.02. The molecule has 8 nitrogen and oxygen atoms in total. The maximum absolute atomic E-state index is 11.9. The Morgan fingerprint density at radius 2 is 1.68 bits per heavy atom. The van der Waals surface area contributed by atoms with Crippen molar-refractivity contribution in [3.8, 4) is 0 Å². The standard InChI is InChI=1S/C17H19N3O5/c1-16(2)11-7-9(5-6-12(11)19-15(23)20-16)18-8-10-13(21)24-17(3,4)25-14(10)22/h5-8,18H,1-4H3,(H2,19,20,23). The topological polar surface area (TPSA) is 106 Å². The van der Waals surface area contributed by atoms with Crippen LogP contribution >= 0.6 is 0 Å². The Balaban J connectivity index is 1.84. The number of amides is 2. The van der Waals surface area contributed by atoms with Crippen LogP contribution in [0.3, 0.4) is 0 Å². The van der Waals surface area contributed by atoms with Crippen LogP contribution in [0.25, 0.3) is 0 Å². The van der Waals surface area contributed by atoms with Gasteiger partial charge < -0.3 is 25.4 Å². The highest BCUT2D eigenvalue weighted by Gasteiger charge is 2.39. The van der Waals surface area contributed by atoms with Gasteiger partial charge in [-0.15, -0.1) is 0 Å². The van der Waals surface area contributed by atoms with Crippen molar-refractivity contribution in [3.05, 3.63) is 35.5 Å². The Morgan fingerprint density at radius 3 is 2.32 bits per heavy atom. The molecular weight excluding hydrogens is 326 g/mol. The predicted octanol–water partition coefficient (Wildman–Crippen LogP) is 2.19. The lowest BCUT2D eigenvalue weighted by Gasteiger charge is -2.34. The molecule has 0 unspecified atom stereocenters. The van der Waals surface area contributed by atoms with Gasteiger partial charge in [-0.1, -0.05) is 0 Å². The van der Waals surface area contributed by atoms with Gasteiger partial charge >= 0.3 is 18.0 Å². The Kier molecular flexibility index (Phi) is 3.70. The third-order valence-corrected chi connectivity index (χ3v) is 3.87. The lowest BCUT2D eigenvalue weighted by molar-refractivity contribution is -0.222. The second kappa shape index (κ2) is 5.51. The number of cyclic esters (lactones) is 2. The summed E-state index contributed by atoms with van der Waals surface area (Å²) >= 11 is 0. The van der Waals surface area contributed by atoms with E-state index < -0.39 is 23.3 Å². The highest BCUT2D eigenvalue weighted by atomic mass is 16.7. The number of urea groups is 1. The van der Waals surface area contributed by atoms with E-state index in [1.807, 2.05) is 19.9 Å². The van der Waals surface area contributed by atoms with Crippen molar-refractivity contribution in [1.82, 2.24) is 5.32 Å². The molecule has 8 heteroatoms. The fraction of sp³-hybridized carbons (Fsp3) is 0.353. The van der Waals surface area contributed by atoms with Crippen LogP contribution in [0.4, 0.5) is 16.2 Å². The summed E-state index contributed by atoms with van der Waals surface area (Å²) in [5, 5.41) is 8.45. The molecule has 3 rings (SSSR count). The molecule has 0 aromatic heterocycles. The van der Waals surface area contributed by atoms with E-state index in [1.165, 1.54) is 20.0 Å². The molecule has 0 spiro atoms. The average Bonchev–Trinajstić information content (AvgIpc) is 2.44. The van der Waals surface area contributed by atoms with Crippen molar-refractivity contribution in [2.45, 2.75) is 39.0 Å². The number of rotatable bonds is 2. The fourth-order valence-corrected chi connectivity index (χ4v) is 2.70. The molecule has 0 saturated carbocycles. The summed E-state index contributed by atoms with van der Waals surface area (Å²) in [4.78, 5) is 35.5. The summed E-state index contributed by atoms with van der Waals surface area (Å²) in [5.41, 5.74) is 1.43. The summed E-state index contributed by atoms with van der Waals surface area (Å²) < 4.78 is 10.1. The van der Waals surface area contributed by atoms with Crippen LogP contribution in [-0.4, -0.2) is 23.8 Å². The molecule has 2 aliphatic heterocycles. The van der Waals surface area contributed by atoms with Gasteiger partial charge in [0, 0.05) is 37.0 Å². The van der Waals surface area contributed by atoms with Gasteiger partial charge in [0.25, 0.3) is 5.79 Å². The van der Waals surface area contributed by atoms with Gasteiger partial charge in [0.15, 0.2) is 5.57 Å². The van der Waals surface area contributed by atoms with Gasteiger partial charge in [0.1, 0.15) is 0 Å². The third kappa shape index (κ3) is 3.28. The van der Waals surface area contributed by atoms with Crippen LogP contribution in [0.1, 0.15) is 33.3 Å². The van der Waals surface area contributed by atoms with Crippen molar-refractivity contribution in [1.29, 1.82) is 0 Å². The van der Waals surface area contributed by atoms with Crippen LogP contribution in [0.15, 0.2) is 30.0 Å². The zero-order chi connectivity index (χ0) is 18.4. The number of anilines is 2. The number of hydrogen-bond donors (Lipinski definition) is 3. The predicted molar refractivity (Wildman–Crippen MR) is 89.6 cm³/mol. The van der Waals surface area contributed by atoms with Crippen molar-refractivity contribution in [3.63, 3.8) is 0 Å². The highest BCUT2D eigenvalue weighted by molar-refractivity contribution is 6.15. The molecule has 0 radical (unpaired) electrons. The Bertz CT molecular complexity index is 789. The van der Waals surface area contributed by atoms with Crippen molar-refractivity contribution in [2.24, 2.45) is 0 Å². The van der Waals surface area contributed by atoms with E-state index in [1.54, 1.807) is 12.1 Å². The number of hydrogen-bond acceptors (Lipinski definition) is 6. The lowest BCUT2D eigenvalue weighted by Crippen LogP contribution is -2.47. The first-order chi connectivity index (χ1) is 11.6. The molecule has 25 heavy (non-hydrogen) atoms. The Hall–Kier alpha value is -3.03. The first kappa shape index (κ1) is 16.8. The van der Waals surface area contributed by atoms with Crippen LogP contribution in [-0.2, 0) is 24.6 Å². The first-order valence-electron chi connectivity index (χ1n) is 7.74. The number of fused-ring (bicyclic) bond motifs is 1. The minimum atomic E-state index is -1.27. The summed E-state index contributed by atoms with van der Waals surface area (Å²) in [5.74, 6) is -2.77. The SMILES string of the molecule is CC1(C)OC(=O)C(=CNc2ccc3c(c2)C(C)(C)NC(=O)N3)C(=O)O1. The maximum atomic E-state index is 11.9. The number of carbonyl (C=O) groups is 3. The van der Waals surface area contributed by atoms with Gasteiger partial charge in [0.05, 0.1) is 5.54 Å². The molecule has 1 aromatic carbocycles. The maximum Gasteiger partial charge on any atom is 0.350 e. The first-order valence-corrected chi connectivity index (χ1v) is 7.74. The quantitative estimate of drug-likeness (QED) is 0.431. The molecule has 0 aliphatic carbocycles. The zero-order valence-electron chi connectivity index (χ0n) is 14.4. The molecule has 2 amide bonds. The Morgan fingerprint density at radius 1 is 1.04 bits per heavy atom. The number of nitrogens with one attached hydrogen (secondary N) is 3. The smallest absolute Gasteiger partial charge is 0.350 e. The van der Waals surface area contributed by atoms with E-state index in [2.05, 4.69) is 16.0 Å². The molecule has 132 valence electrons. The van der Waals surface area contributed by atoms with E-state index in [9.17, 15) is 14.4 Å². The van der Waals surface area contributed by atoms with Crippen LogP contribution in [0.2, 0.25) is 0 Å². The van der Waals surface area contributed by atoms with E-state index in [-0.39, 0.29) is 11.6 Å². The lowest BCUT2D eigenvalue weighted by atomic mass is 9.90. The van der Waals surface area contributed by atoms with Crippen LogP contribution in [0, 0.1) is 0 Å². The molecule has 0 bridgehead atoms. The van der Waals surface area contributed by atoms with Crippen LogP contribution < -0.4 is 16.0 Å². The van der Waals surface area contributed by atoms with Crippen molar-refractivity contribution >= 4 is 29.3 Å². The van der Waals surface area contributed by atoms with Crippen molar-refractivity contribution < 1.29 is 23.9 Å². The summed E-state index contributed by atoms with van der Waals surface area (Å²) in [6.07, 6.45) is 1.25. The van der Waals surface area contributed by atoms with Crippen LogP contribution in [0.5, 0.6) is 0 Å². The largest absolute Gasteiger partial charge is 0.419 e. The van der Waals surface area contributed by atoms with Gasteiger partial charge in [-0.2, -0.15) is 0 Å². The molecule has 2 aliphatic rings. The van der Waals surface area contributed by atoms with E-state index in [0.29, 0.717) is 11.4 Å². The van der Waals surface area contributed by atoms with E-state index in [4.69, 9.17) is 9.47 Å². The molecule has 0 atom stereocenters. The zero-order valence-corrected chi connectivity index (χ0v) is 14.4. The fourth-order valence-electron chi connectivity index (χ4n) is 2.70. The molecule has 1 fully saturated rings. The van der Waals surface area contributed by atoms with Gasteiger partial charge in [-0.05, 0) is 32.0 Å². The monoisotopic (exact) mass is 345 g/mol. The molecule has 3 N–H and O–H groups in total. The average molecular weight is 345 g/mol. The summed E-state index contributed by atoms with van der Waals surface area (Å²) in [6.45, 7) is 6.73. The highest BCUT2D eigenvalue weighted by Crippen LogP contribution is 2.33. The molecular formula is C17H19N3O5. The van der Waals surface area contributed by atoms with Gasteiger partial charge in [0.2, 0.25) is 0 Å². The minimum Gasteiger partial charge on any atom is -0.419 e. The molecule has 2 heterocycles. The number of ether oxygens (including phenoxy) is 2. The van der Waals surface area contributed by atoms with E-state index in [0.717, 1.165) is 5.56 Å². The summed E-state index contributed by atoms with van der Waals surface area (Å²) in [7, 11) is 0. The van der Waals surface area contributed by atoms with Gasteiger partial charge in [-0.25, -0.2) is 14.4 Å². The third-order valence-electron chi connectivity index (χ3n) is 3.87. The second-order valence-electron chi connectivity index (χ2n) is 6.85. The van der Waals surface area contributed by atoms with Crippen molar-refractivity contribution in [2.75, 3.05) is 10.6 Å². The number of esters is 2. The Labute approximate surface area is 144 Å². The number of benzene rings is 1. The van der Waals surface area contributed by atoms with E-state index >= 15 is 0 Å². The second-order valence-corrected chi connectivity index (χ2v) is 6.85.